The molecule has 2 rings (SSSR count). The topological polar surface area (TPSA) is 73.6 Å². The lowest BCUT2D eigenvalue weighted by molar-refractivity contribution is -0.119. The average Bonchev–Trinajstić information content (AvgIpc) is 2.59. The van der Waals surface area contributed by atoms with E-state index in [1.54, 1.807) is 6.07 Å². The minimum Gasteiger partial charge on any atom is -0.490 e. The maximum absolute atomic E-state index is 10.9. The monoisotopic (exact) mass is 328 g/mol. The third kappa shape index (κ3) is 5.28. The van der Waals surface area contributed by atoms with Crippen molar-refractivity contribution in [2.75, 3.05) is 13.2 Å². The Balaban J connectivity index is 2.02. The summed E-state index contributed by atoms with van der Waals surface area (Å²) in [6.07, 6.45) is 0. The third-order valence-electron chi connectivity index (χ3n) is 3.59. The molecule has 1 unspecified atom stereocenters. The molecular formula is C19H24N2O3. The van der Waals surface area contributed by atoms with Crippen LogP contribution in [0.2, 0.25) is 0 Å². The van der Waals surface area contributed by atoms with Crippen LogP contribution in [0, 0.1) is 0 Å². The molecule has 0 aliphatic carbocycles. The van der Waals surface area contributed by atoms with E-state index in [4.69, 9.17) is 15.2 Å². The van der Waals surface area contributed by atoms with Crippen LogP contribution < -0.4 is 20.5 Å². The van der Waals surface area contributed by atoms with Gasteiger partial charge < -0.3 is 20.5 Å². The van der Waals surface area contributed by atoms with Gasteiger partial charge in [-0.15, -0.1) is 0 Å². The highest BCUT2D eigenvalue weighted by atomic mass is 16.5. The molecule has 0 saturated carbocycles. The molecule has 0 radical (unpaired) electrons. The lowest BCUT2D eigenvalue weighted by Gasteiger charge is -2.16. The van der Waals surface area contributed by atoms with E-state index in [1.807, 2.05) is 37.3 Å². The van der Waals surface area contributed by atoms with Gasteiger partial charge in [-0.05, 0) is 37.1 Å². The fraction of sp³-hybridized carbons (Fsp3) is 0.316. The number of ether oxygens (including phenoxy) is 2. The molecule has 0 aromatic heterocycles. The Morgan fingerprint density at radius 3 is 2.54 bits per heavy atom. The average molecular weight is 328 g/mol. The third-order valence-corrected chi connectivity index (χ3v) is 3.59. The molecule has 0 aliphatic heterocycles. The van der Waals surface area contributed by atoms with Crippen molar-refractivity contribution in [3.8, 4) is 11.5 Å². The van der Waals surface area contributed by atoms with Crippen LogP contribution in [-0.2, 0) is 11.3 Å². The summed E-state index contributed by atoms with van der Waals surface area (Å²) in [4.78, 5) is 10.9. The molecule has 0 fully saturated rings. The van der Waals surface area contributed by atoms with Gasteiger partial charge in [-0.3, -0.25) is 4.79 Å². The quantitative estimate of drug-likeness (QED) is 0.742. The van der Waals surface area contributed by atoms with Crippen molar-refractivity contribution in [1.82, 2.24) is 5.32 Å². The lowest BCUT2D eigenvalue weighted by atomic mass is 10.1. The van der Waals surface area contributed by atoms with Crippen LogP contribution in [0.3, 0.4) is 0 Å². The van der Waals surface area contributed by atoms with Crippen LogP contribution >= 0.6 is 0 Å². The molecule has 1 atom stereocenters. The summed E-state index contributed by atoms with van der Waals surface area (Å²) >= 11 is 0. The van der Waals surface area contributed by atoms with Gasteiger partial charge in [0.15, 0.2) is 18.1 Å². The smallest absolute Gasteiger partial charge is 0.255 e. The van der Waals surface area contributed by atoms with E-state index in [2.05, 4.69) is 24.4 Å². The molecule has 1 amide bonds. The number of benzene rings is 2. The normalized spacial score (nSPS) is 11.8. The van der Waals surface area contributed by atoms with Crippen LogP contribution in [0.5, 0.6) is 11.5 Å². The summed E-state index contributed by atoms with van der Waals surface area (Å²) < 4.78 is 11.0. The van der Waals surface area contributed by atoms with Gasteiger partial charge in [0.2, 0.25) is 0 Å². The van der Waals surface area contributed by atoms with Crippen LogP contribution in [0.25, 0.3) is 0 Å². The summed E-state index contributed by atoms with van der Waals surface area (Å²) in [5.41, 5.74) is 7.43. The van der Waals surface area contributed by atoms with Crippen LogP contribution in [-0.4, -0.2) is 19.1 Å². The molecule has 5 heteroatoms. The first-order valence-electron chi connectivity index (χ1n) is 8.05. The van der Waals surface area contributed by atoms with Crippen LogP contribution in [0.4, 0.5) is 0 Å². The van der Waals surface area contributed by atoms with E-state index in [-0.39, 0.29) is 12.6 Å². The molecule has 128 valence electrons. The fourth-order valence-corrected chi connectivity index (χ4v) is 2.33. The predicted molar refractivity (Wildman–Crippen MR) is 94.0 cm³/mol. The molecule has 0 heterocycles. The number of nitrogens with one attached hydrogen (secondary N) is 1. The maximum Gasteiger partial charge on any atom is 0.255 e. The summed E-state index contributed by atoms with van der Waals surface area (Å²) in [5.74, 6) is 0.626. The number of rotatable bonds is 9. The van der Waals surface area contributed by atoms with E-state index >= 15 is 0 Å². The van der Waals surface area contributed by atoms with Crippen molar-refractivity contribution in [3.63, 3.8) is 0 Å². The van der Waals surface area contributed by atoms with E-state index in [9.17, 15) is 4.79 Å². The molecule has 24 heavy (non-hydrogen) atoms. The van der Waals surface area contributed by atoms with E-state index in [1.165, 1.54) is 5.56 Å². The first-order valence-corrected chi connectivity index (χ1v) is 8.05. The molecule has 0 aliphatic rings. The highest BCUT2D eigenvalue weighted by Crippen LogP contribution is 2.28. The molecule has 0 bridgehead atoms. The zero-order valence-electron chi connectivity index (χ0n) is 14.1. The van der Waals surface area contributed by atoms with Gasteiger partial charge in [0.25, 0.3) is 5.91 Å². The van der Waals surface area contributed by atoms with Gasteiger partial charge in [0.1, 0.15) is 0 Å². The SMILES string of the molecule is CCOc1cc(CNC(C)c2ccccc2)ccc1OCC(N)=O. The summed E-state index contributed by atoms with van der Waals surface area (Å²) in [7, 11) is 0. The molecule has 2 aromatic rings. The minimum atomic E-state index is -0.514. The van der Waals surface area contributed by atoms with Crippen molar-refractivity contribution in [1.29, 1.82) is 0 Å². The number of carbonyl (C=O) groups is 1. The van der Waals surface area contributed by atoms with Crippen molar-refractivity contribution >= 4 is 5.91 Å². The molecule has 0 spiro atoms. The number of hydrogen-bond acceptors (Lipinski definition) is 4. The lowest BCUT2D eigenvalue weighted by Crippen LogP contribution is -2.20. The van der Waals surface area contributed by atoms with Gasteiger partial charge in [-0.25, -0.2) is 0 Å². The van der Waals surface area contributed by atoms with E-state index in [0.29, 0.717) is 24.7 Å². The highest BCUT2D eigenvalue weighted by Gasteiger charge is 2.09. The van der Waals surface area contributed by atoms with Gasteiger partial charge in [0, 0.05) is 12.6 Å². The Bertz CT molecular complexity index is 659. The minimum absolute atomic E-state index is 0.164. The molecule has 0 saturated heterocycles. The number of nitrogens with two attached hydrogens (primary N) is 1. The van der Waals surface area contributed by atoms with Crippen LogP contribution in [0.1, 0.15) is 31.0 Å². The predicted octanol–water partition coefficient (Wildman–Crippen LogP) is 2.80. The number of primary amides is 1. The van der Waals surface area contributed by atoms with Gasteiger partial charge >= 0.3 is 0 Å². The standard InChI is InChI=1S/C19H24N2O3/c1-3-23-18-11-15(9-10-17(18)24-13-19(20)22)12-21-14(2)16-7-5-4-6-8-16/h4-11,14,21H,3,12-13H2,1-2H3,(H2,20,22). The van der Waals surface area contributed by atoms with Gasteiger partial charge in [-0.1, -0.05) is 36.4 Å². The van der Waals surface area contributed by atoms with Crippen molar-refractivity contribution < 1.29 is 14.3 Å². The summed E-state index contributed by atoms with van der Waals surface area (Å²) in [6.45, 7) is 5.09. The zero-order chi connectivity index (χ0) is 17.4. The van der Waals surface area contributed by atoms with Crippen molar-refractivity contribution in [3.05, 3.63) is 59.7 Å². The van der Waals surface area contributed by atoms with Gasteiger partial charge in [0.05, 0.1) is 6.61 Å². The van der Waals surface area contributed by atoms with E-state index in [0.717, 1.165) is 5.56 Å². The fourth-order valence-electron chi connectivity index (χ4n) is 2.33. The van der Waals surface area contributed by atoms with Gasteiger partial charge in [-0.2, -0.15) is 0 Å². The zero-order valence-corrected chi connectivity index (χ0v) is 14.1. The first kappa shape index (κ1) is 17.8. The second kappa shape index (κ2) is 8.93. The number of carbonyl (C=O) groups excluding carboxylic acids is 1. The molecule has 3 N–H and O–H groups in total. The Kier molecular flexibility index (Phi) is 6.63. The second-order valence-electron chi connectivity index (χ2n) is 5.48. The number of hydrogen-bond donors (Lipinski definition) is 2. The van der Waals surface area contributed by atoms with E-state index < -0.39 is 5.91 Å². The second-order valence-corrected chi connectivity index (χ2v) is 5.48. The van der Waals surface area contributed by atoms with Crippen LogP contribution in [0.15, 0.2) is 48.5 Å². The number of amides is 1. The molecule has 5 nitrogen and oxygen atoms in total. The maximum atomic E-state index is 10.9. The Morgan fingerprint density at radius 2 is 1.88 bits per heavy atom. The summed E-state index contributed by atoms with van der Waals surface area (Å²) in [5, 5.41) is 3.48. The first-order chi connectivity index (χ1) is 11.6. The Morgan fingerprint density at radius 1 is 1.12 bits per heavy atom. The molecule has 2 aromatic carbocycles. The highest BCUT2D eigenvalue weighted by molar-refractivity contribution is 5.75. The Labute approximate surface area is 142 Å². The van der Waals surface area contributed by atoms with Crippen molar-refractivity contribution in [2.45, 2.75) is 26.4 Å². The van der Waals surface area contributed by atoms with Crippen molar-refractivity contribution in [2.24, 2.45) is 5.73 Å². The molecular weight excluding hydrogens is 304 g/mol. The largest absolute Gasteiger partial charge is 0.490 e. The summed E-state index contributed by atoms with van der Waals surface area (Å²) in [6, 6.07) is 16.2. The Hall–Kier alpha value is -2.53.